The van der Waals surface area contributed by atoms with Crippen molar-refractivity contribution in [3.05, 3.63) is 110 Å². The van der Waals surface area contributed by atoms with Crippen LogP contribution in [0.3, 0.4) is 0 Å². The topological polar surface area (TPSA) is 89.2 Å². The molecular formula is C27H26Cl2N4O3. The molecule has 186 valence electrons. The number of hydrogen-bond acceptors (Lipinski definition) is 4. The van der Waals surface area contributed by atoms with E-state index in [0.717, 1.165) is 29.9 Å². The average molecular weight is 525 g/mol. The molecule has 1 heterocycles. The second kappa shape index (κ2) is 11.5. The Kier molecular flexibility index (Phi) is 8.13. The first-order chi connectivity index (χ1) is 17.4. The van der Waals surface area contributed by atoms with Crippen molar-refractivity contribution in [2.75, 3.05) is 5.32 Å². The van der Waals surface area contributed by atoms with Crippen LogP contribution in [0.4, 0.5) is 5.69 Å². The van der Waals surface area contributed by atoms with Crippen LogP contribution >= 0.6 is 23.2 Å². The zero-order chi connectivity index (χ0) is 25.7. The third kappa shape index (κ3) is 5.64. The zero-order valence-corrected chi connectivity index (χ0v) is 21.3. The largest absolute Gasteiger partial charge is 0.478 e. The number of aromatic nitrogens is 3. The number of rotatable bonds is 10. The maximum Gasteiger partial charge on any atom is 0.351 e. The lowest BCUT2D eigenvalue weighted by Crippen LogP contribution is -2.25. The number of anilines is 1. The van der Waals surface area contributed by atoms with E-state index in [9.17, 15) is 14.7 Å². The second-order valence-corrected chi connectivity index (χ2v) is 9.17. The minimum absolute atomic E-state index is 0.0768. The molecule has 0 fully saturated rings. The fourth-order valence-corrected chi connectivity index (χ4v) is 4.37. The zero-order valence-electron chi connectivity index (χ0n) is 19.7. The van der Waals surface area contributed by atoms with Crippen molar-refractivity contribution in [1.82, 2.24) is 14.3 Å². The summed E-state index contributed by atoms with van der Waals surface area (Å²) in [6.07, 6.45) is 2.61. The lowest BCUT2D eigenvalue weighted by Gasteiger charge is -2.11. The number of aryl methyl sites for hydroxylation is 1. The Labute approximate surface area is 218 Å². The maximum atomic E-state index is 13.3. The summed E-state index contributed by atoms with van der Waals surface area (Å²) in [5.74, 6) is -0.338. The Bertz CT molecular complexity index is 1430. The van der Waals surface area contributed by atoms with Gasteiger partial charge in [-0.1, -0.05) is 72.9 Å². The lowest BCUT2D eigenvalue weighted by atomic mass is 10.1. The standard InChI is InChI=1S/C27H26Cl2N4O3/c1-2-3-11-24-31-33(23-10-5-4-9-22(23)28)27(36)32(24)17-18-12-14-20(15-13-18)30-16-19-7-6-8-21(25(19)29)26(34)35/h4-10,12-15,30H,2-3,11,16-17H2,1H3,(H,34,35). The van der Waals surface area contributed by atoms with Crippen molar-refractivity contribution in [1.29, 1.82) is 0 Å². The van der Waals surface area contributed by atoms with E-state index in [4.69, 9.17) is 23.2 Å². The molecule has 0 saturated heterocycles. The van der Waals surface area contributed by atoms with Gasteiger partial charge in [-0.25, -0.2) is 9.59 Å². The first kappa shape index (κ1) is 25.5. The molecule has 0 aliphatic heterocycles. The Hall–Kier alpha value is -3.55. The quantitative estimate of drug-likeness (QED) is 0.264. The summed E-state index contributed by atoms with van der Waals surface area (Å²) in [4.78, 5) is 24.6. The minimum Gasteiger partial charge on any atom is -0.478 e. The van der Waals surface area contributed by atoms with Crippen LogP contribution in [-0.2, 0) is 19.5 Å². The molecule has 0 atom stereocenters. The summed E-state index contributed by atoms with van der Waals surface area (Å²) in [5.41, 5.74) is 2.90. The number of para-hydroxylation sites is 1. The van der Waals surface area contributed by atoms with Gasteiger partial charge >= 0.3 is 11.7 Å². The van der Waals surface area contributed by atoms with Crippen LogP contribution in [-0.4, -0.2) is 25.4 Å². The van der Waals surface area contributed by atoms with Gasteiger partial charge < -0.3 is 10.4 Å². The van der Waals surface area contributed by atoms with Crippen LogP contribution in [0.1, 0.15) is 47.1 Å². The fourth-order valence-electron chi connectivity index (χ4n) is 3.89. The number of aromatic carboxylic acids is 1. The summed E-state index contributed by atoms with van der Waals surface area (Å²) in [5, 5.41) is 17.8. The van der Waals surface area contributed by atoms with Crippen LogP contribution in [0.15, 0.2) is 71.5 Å². The summed E-state index contributed by atoms with van der Waals surface area (Å²) >= 11 is 12.6. The molecule has 0 bridgehead atoms. The molecule has 2 N–H and O–H groups in total. The number of nitrogens with zero attached hydrogens (tertiary/aromatic N) is 3. The highest BCUT2D eigenvalue weighted by Crippen LogP contribution is 2.23. The van der Waals surface area contributed by atoms with Crippen LogP contribution in [0.5, 0.6) is 0 Å². The number of halogens is 2. The summed E-state index contributed by atoms with van der Waals surface area (Å²) in [6, 6.07) is 19.8. The summed E-state index contributed by atoms with van der Waals surface area (Å²) in [6.45, 7) is 2.87. The van der Waals surface area contributed by atoms with Gasteiger partial charge in [0, 0.05) is 18.7 Å². The minimum atomic E-state index is -1.06. The molecule has 36 heavy (non-hydrogen) atoms. The number of carbonyl (C=O) groups is 1. The molecule has 0 saturated carbocycles. The molecule has 9 heteroatoms. The monoisotopic (exact) mass is 524 g/mol. The van der Waals surface area contributed by atoms with Crippen LogP contribution in [0, 0.1) is 0 Å². The maximum absolute atomic E-state index is 13.3. The van der Waals surface area contributed by atoms with Gasteiger partial charge in [-0.15, -0.1) is 5.10 Å². The predicted octanol–water partition coefficient (Wildman–Crippen LogP) is 6.04. The van der Waals surface area contributed by atoms with Gasteiger partial charge in [-0.05, 0) is 47.9 Å². The normalized spacial score (nSPS) is 11.0. The van der Waals surface area contributed by atoms with E-state index < -0.39 is 5.97 Å². The number of unbranched alkanes of at least 4 members (excludes halogenated alkanes) is 1. The number of benzene rings is 3. The van der Waals surface area contributed by atoms with Gasteiger partial charge in [-0.2, -0.15) is 4.68 Å². The molecule has 0 spiro atoms. The van der Waals surface area contributed by atoms with Gasteiger partial charge in [0.05, 0.1) is 27.8 Å². The molecule has 4 aromatic rings. The van der Waals surface area contributed by atoms with Crippen LogP contribution < -0.4 is 11.0 Å². The molecule has 0 radical (unpaired) electrons. The molecule has 3 aromatic carbocycles. The molecule has 0 amide bonds. The number of hydrogen-bond donors (Lipinski definition) is 2. The van der Waals surface area contributed by atoms with E-state index in [1.54, 1.807) is 28.8 Å². The molecule has 1 aromatic heterocycles. The van der Waals surface area contributed by atoms with Gasteiger partial charge in [0.25, 0.3) is 0 Å². The van der Waals surface area contributed by atoms with E-state index in [0.29, 0.717) is 35.8 Å². The van der Waals surface area contributed by atoms with Gasteiger partial charge in [-0.3, -0.25) is 4.57 Å². The molecular weight excluding hydrogens is 499 g/mol. The Morgan fingerprint density at radius 1 is 1.03 bits per heavy atom. The fraction of sp³-hybridized carbons (Fsp3) is 0.222. The number of nitrogens with one attached hydrogen (secondary N) is 1. The third-order valence-corrected chi connectivity index (χ3v) is 6.63. The van der Waals surface area contributed by atoms with Crippen molar-refractivity contribution in [2.45, 2.75) is 39.3 Å². The second-order valence-electron chi connectivity index (χ2n) is 8.39. The van der Waals surface area contributed by atoms with Gasteiger partial charge in [0.1, 0.15) is 5.82 Å². The van der Waals surface area contributed by atoms with Crippen LogP contribution in [0.25, 0.3) is 5.69 Å². The molecule has 0 aliphatic carbocycles. The molecule has 0 unspecified atom stereocenters. The summed E-state index contributed by atoms with van der Waals surface area (Å²) < 4.78 is 3.07. The Morgan fingerprint density at radius 3 is 2.47 bits per heavy atom. The Morgan fingerprint density at radius 2 is 1.78 bits per heavy atom. The number of carboxylic acid groups (broad SMARTS) is 1. The van der Waals surface area contributed by atoms with E-state index in [1.807, 2.05) is 36.4 Å². The van der Waals surface area contributed by atoms with E-state index in [-0.39, 0.29) is 16.3 Å². The average Bonchev–Trinajstić information content (AvgIpc) is 3.17. The molecule has 0 aliphatic rings. The highest BCUT2D eigenvalue weighted by molar-refractivity contribution is 6.34. The predicted molar refractivity (Wildman–Crippen MR) is 143 cm³/mol. The SMILES string of the molecule is CCCCc1nn(-c2ccccc2Cl)c(=O)n1Cc1ccc(NCc2cccc(C(=O)O)c2Cl)cc1. The third-order valence-electron chi connectivity index (χ3n) is 5.86. The molecule has 7 nitrogen and oxygen atoms in total. The van der Waals surface area contributed by atoms with Crippen molar-refractivity contribution in [2.24, 2.45) is 0 Å². The van der Waals surface area contributed by atoms with Crippen molar-refractivity contribution in [3.63, 3.8) is 0 Å². The number of carboxylic acids is 1. The van der Waals surface area contributed by atoms with E-state index in [2.05, 4.69) is 17.3 Å². The van der Waals surface area contributed by atoms with Gasteiger partial charge in [0.15, 0.2) is 0 Å². The van der Waals surface area contributed by atoms with Crippen molar-refractivity contribution >= 4 is 34.9 Å². The first-order valence-corrected chi connectivity index (χ1v) is 12.4. The van der Waals surface area contributed by atoms with Crippen molar-refractivity contribution in [3.8, 4) is 5.69 Å². The first-order valence-electron chi connectivity index (χ1n) is 11.7. The Balaban J connectivity index is 1.53. The van der Waals surface area contributed by atoms with Gasteiger partial charge in [0.2, 0.25) is 0 Å². The van der Waals surface area contributed by atoms with E-state index >= 15 is 0 Å². The van der Waals surface area contributed by atoms with E-state index in [1.165, 1.54) is 10.7 Å². The highest BCUT2D eigenvalue weighted by Gasteiger charge is 2.16. The molecule has 4 rings (SSSR count). The highest BCUT2D eigenvalue weighted by atomic mass is 35.5. The smallest absolute Gasteiger partial charge is 0.351 e. The lowest BCUT2D eigenvalue weighted by molar-refractivity contribution is 0.0697. The summed E-state index contributed by atoms with van der Waals surface area (Å²) in [7, 11) is 0. The van der Waals surface area contributed by atoms with Crippen molar-refractivity contribution < 1.29 is 9.90 Å². The van der Waals surface area contributed by atoms with Crippen LogP contribution in [0.2, 0.25) is 10.0 Å².